The summed E-state index contributed by atoms with van der Waals surface area (Å²) in [6.07, 6.45) is 0.580. The highest BCUT2D eigenvalue weighted by Crippen LogP contribution is 2.40. The zero-order valence-electron chi connectivity index (χ0n) is 16.1. The van der Waals surface area contributed by atoms with Gasteiger partial charge in [-0.3, -0.25) is 10.1 Å². The van der Waals surface area contributed by atoms with Gasteiger partial charge in [-0.1, -0.05) is 0 Å². The van der Waals surface area contributed by atoms with Crippen molar-refractivity contribution in [3.8, 4) is 0 Å². The van der Waals surface area contributed by atoms with Crippen LogP contribution in [0.3, 0.4) is 0 Å². The number of carbonyl (C=O) groups excluding carboxylic acids is 3. The first-order valence-electron chi connectivity index (χ1n) is 8.90. The summed E-state index contributed by atoms with van der Waals surface area (Å²) >= 11 is 1.36. The molecule has 1 saturated heterocycles. The van der Waals surface area contributed by atoms with Crippen molar-refractivity contribution in [3.05, 3.63) is 16.0 Å². The molecule has 0 aliphatic carbocycles. The van der Waals surface area contributed by atoms with E-state index in [0.717, 1.165) is 10.4 Å². The van der Waals surface area contributed by atoms with Crippen molar-refractivity contribution >= 4 is 34.2 Å². The summed E-state index contributed by atoms with van der Waals surface area (Å²) in [5.41, 5.74) is 0.936. The highest BCUT2D eigenvalue weighted by molar-refractivity contribution is 7.17. The molecule has 0 saturated carbocycles. The van der Waals surface area contributed by atoms with Crippen molar-refractivity contribution in [1.29, 1.82) is 0 Å². The van der Waals surface area contributed by atoms with E-state index in [2.05, 4.69) is 5.32 Å². The topological polar surface area (TPSA) is 88.2 Å². The Bertz CT molecular complexity index is 765. The van der Waals surface area contributed by atoms with E-state index in [1.807, 2.05) is 13.8 Å². The van der Waals surface area contributed by atoms with E-state index in [9.17, 15) is 14.4 Å². The van der Waals surface area contributed by atoms with Gasteiger partial charge in [-0.2, -0.15) is 0 Å². The van der Waals surface area contributed by atoms with Gasteiger partial charge in [0.05, 0.1) is 24.9 Å². The molecule has 8 nitrogen and oxygen atoms in total. The standard InChI is InChI=1S/C18H25N3O5S/c1-11(22)20-5-7-21(8-6-20)17(24)19-15-14(16(23)25-4)12-9-18(2,3)26-10-13(12)27-15/h5-10H2,1-4H3,(H,19,24). The van der Waals surface area contributed by atoms with Crippen LogP contribution in [0.2, 0.25) is 0 Å². The number of esters is 1. The lowest BCUT2D eigenvalue weighted by atomic mass is 9.93. The molecule has 1 N–H and O–H groups in total. The van der Waals surface area contributed by atoms with Crippen LogP contribution in [0, 0.1) is 0 Å². The van der Waals surface area contributed by atoms with Crippen LogP contribution in [0.4, 0.5) is 9.80 Å². The molecule has 0 bridgehead atoms. The molecule has 0 aromatic carbocycles. The Morgan fingerprint density at radius 2 is 1.78 bits per heavy atom. The van der Waals surface area contributed by atoms with E-state index >= 15 is 0 Å². The molecular formula is C18H25N3O5S. The lowest BCUT2D eigenvalue weighted by Gasteiger charge is -2.34. The molecular weight excluding hydrogens is 370 g/mol. The van der Waals surface area contributed by atoms with Crippen molar-refractivity contribution in [2.45, 2.75) is 39.4 Å². The maximum Gasteiger partial charge on any atom is 0.341 e. The van der Waals surface area contributed by atoms with Crippen LogP contribution >= 0.6 is 11.3 Å². The lowest BCUT2D eigenvalue weighted by Crippen LogP contribution is -2.51. The number of methoxy groups -OCH3 is 1. The first kappa shape index (κ1) is 19.6. The van der Waals surface area contributed by atoms with Crippen LogP contribution in [0.25, 0.3) is 0 Å². The van der Waals surface area contributed by atoms with Crippen LogP contribution in [0.5, 0.6) is 0 Å². The van der Waals surface area contributed by atoms with Gasteiger partial charge in [-0.25, -0.2) is 9.59 Å². The van der Waals surface area contributed by atoms with Crippen molar-refractivity contribution < 1.29 is 23.9 Å². The molecule has 1 aromatic heterocycles. The van der Waals surface area contributed by atoms with E-state index < -0.39 is 5.97 Å². The van der Waals surface area contributed by atoms with Gasteiger partial charge < -0.3 is 19.3 Å². The fourth-order valence-corrected chi connectivity index (χ4v) is 4.47. The van der Waals surface area contributed by atoms with E-state index in [1.54, 1.807) is 9.80 Å². The number of fused-ring (bicyclic) bond motifs is 1. The fraction of sp³-hybridized carbons (Fsp3) is 0.611. The normalized spacial score (nSPS) is 18.7. The Hall–Kier alpha value is -2.13. The Morgan fingerprint density at radius 1 is 1.15 bits per heavy atom. The third-order valence-electron chi connectivity index (χ3n) is 4.91. The molecule has 9 heteroatoms. The number of nitrogens with zero attached hydrogens (tertiary/aromatic N) is 2. The molecule has 148 valence electrons. The van der Waals surface area contributed by atoms with E-state index in [0.29, 0.717) is 49.8 Å². The second-order valence-corrected chi connectivity index (χ2v) is 8.45. The predicted molar refractivity (Wildman–Crippen MR) is 101 cm³/mol. The van der Waals surface area contributed by atoms with Crippen LogP contribution in [0.1, 0.15) is 41.6 Å². The number of hydrogen-bond donors (Lipinski definition) is 1. The van der Waals surface area contributed by atoms with Crippen LogP contribution in [-0.2, 0) is 27.3 Å². The van der Waals surface area contributed by atoms with Crippen molar-refractivity contribution in [2.24, 2.45) is 0 Å². The summed E-state index contributed by atoms with van der Waals surface area (Å²) in [5.74, 6) is -0.446. The zero-order valence-corrected chi connectivity index (χ0v) is 16.9. The molecule has 1 fully saturated rings. The number of nitrogens with one attached hydrogen (secondary N) is 1. The molecule has 2 aliphatic heterocycles. The second-order valence-electron chi connectivity index (χ2n) is 7.35. The van der Waals surface area contributed by atoms with Gasteiger partial charge >= 0.3 is 12.0 Å². The summed E-state index contributed by atoms with van der Waals surface area (Å²) < 4.78 is 10.8. The molecule has 3 rings (SSSR count). The number of urea groups is 1. The number of hydrogen-bond acceptors (Lipinski definition) is 6. The third kappa shape index (κ3) is 4.08. The molecule has 0 atom stereocenters. The Morgan fingerprint density at radius 3 is 2.37 bits per heavy atom. The number of carbonyl (C=O) groups is 3. The number of rotatable bonds is 2. The molecule has 3 amide bonds. The molecule has 0 spiro atoms. The minimum absolute atomic E-state index is 0.0107. The first-order valence-corrected chi connectivity index (χ1v) is 9.72. The number of ether oxygens (including phenoxy) is 2. The Balaban J connectivity index is 1.79. The van der Waals surface area contributed by atoms with Crippen LogP contribution in [0.15, 0.2) is 0 Å². The van der Waals surface area contributed by atoms with Gasteiger partial charge in [0.2, 0.25) is 5.91 Å². The summed E-state index contributed by atoms with van der Waals surface area (Å²) in [7, 11) is 1.34. The van der Waals surface area contributed by atoms with Gasteiger partial charge in [0.15, 0.2) is 0 Å². The maximum atomic E-state index is 12.7. The number of anilines is 1. The highest BCUT2D eigenvalue weighted by Gasteiger charge is 2.35. The van der Waals surface area contributed by atoms with Gasteiger partial charge in [-0.15, -0.1) is 11.3 Å². The lowest BCUT2D eigenvalue weighted by molar-refractivity contribution is -0.130. The van der Waals surface area contributed by atoms with Crippen molar-refractivity contribution in [2.75, 3.05) is 38.6 Å². The van der Waals surface area contributed by atoms with Gasteiger partial charge in [0, 0.05) is 44.4 Å². The largest absolute Gasteiger partial charge is 0.465 e. The van der Waals surface area contributed by atoms with Crippen molar-refractivity contribution in [1.82, 2.24) is 9.80 Å². The van der Waals surface area contributed by atoms with Gasteiger partial charge in [-0.05, 0) is 19.4 Å². The maximum absolute atomic E-state index is 12.7. The van der Waals surface area contributed by atoms with Crippen LogP contribution in [-0.4, -0.2) is 66.6 Å². The van der Waals surface area contributed by atoms with Crippen molar-refractivity contribution in [3.63, 3.8) is 0 Å². The van der Waals surface area contributed by atoms with E-state index in [1.165, 1.54) is 25.4 Å². The molecule has 27 heavy (non-hydrogen) atoms. The SMILES string of the molecule is COC(=O)c1c(NC(=O)N2CCN(C(C)=O)CC2)sc2c1CC(C)(C)OC2. The minimum Gasteiger partial charge on any atom is -0.465 e. The monoisotopic (exact) mass is 395 g/mol. The fourth-order valence-electron chi connectivity index (χ4n) is 3.36. The quantitative estimate of drug-likeness (QED) is 0.775. The van der Waals surface area contributed by atoms with Gasteiger partial charge in [0.25, 0.3) is 0 Å². The number of thiophene rings is 1. The summed E-state index contributed by atoms with van der Waals surface area (Å²) in [5, 5.41) is 3.36. The first-order chi connectivity index (χ1) is 12.7. The molecule has 2 aliphatic rings. The molecule has 3 heterocycles. The Kier molecular flexibility index (Phi) is 5.43. The third-order valence-corrected chi connectivity index (χ3v) is 6.03. The molecule has 0 radical (unpaired) electrons. The number of piperazine rings is 1. The summed E-state index contributed by atoms with van der Waals surface area (Å²) in [6, 6.07) is -0.276. The smallest absolute Gasteiger partial charge is 0.341 e. The Labute approximate surface area is 162 Å². The second kappa shape index (κ2) is 7.47. The highest BCUT2D eigenvalue weighted by atomic mass is 32.1. The minimum atomic E-state index is -0.457. The summed E-state index contributed by atoms with van der Waals surface area (Å²) in [6.45, 7) is 7.82. The molecule has 0 unspecified atom stereocenters. The molecule has 1 aromatic rings. The average molecular weight is 395 g/mol. The zero-order chi connectivity index (χ0) is 19.8. The average Bonchev–Trinajstić information content (AvgIpc) is 2.96. The number of amides is 3. The van der Waals surface area contributed by atoms with Gasteiger partial charge in [0.1, 0.15) is 5.00 Å². The van der Waals surface area contributed by atoms with E-state index in [4.69, 9.17) is 9.47 Å². The van der Waals surface area contributed by atoms with E-state index in [-0.39, 0.29) is 17.5 Å². The predicted octanol–water partition coefficient (Wildman–Crippen LogP) is 2.08. The summed E-state index contributed by atoms with van der Waals surface area (Å²) in [4.78, 5) is 40.8. The van der Waals surface area contributed by atoms with Crippen LogP contribution < -0.4 is 5.32 Å².